The van der Waals surface area contributed by atoms with Gasteiger partial charge in [-0.2, -0.15) is 0 Å². The predicted molar refractivity (Wildman–Crippen MR) is 75.1 cm³/mol. The Morgan fingerprint density at radius 1 is 1.47 bits per heavy atom. The van der Waals surface area contributed by atoms with Crippen molar-refractivity contribution in [2.24, 2.45) is 9.55 Å². The normalized spacial score (nSPS) is 18.0. The number of nitrogens with zero attached hydrogens (tertiary/aromatic N) is 2. The molecule has 0 bridgehead atoms. The van der Waals surface area contributed by atoms with Gasteiger partial charge < -0.3 is 9.57 Å². The van der Waals surface area contributed by atoms with Crippen LogP contribution < -0.4 is 4.74 Å². The average Bonchev–Trinajstić information content (AvgIpc) is 2.69. The number of thioether (sulfide) groups is 1. The number of benzene rings is 1. The quantitative estimate of drug-likeness (QED) is 0.628. The fourth-order valence-corrected chi connectivity index (χ4v) is 3.60. The van der Waals surface area contributed by atoms with Crippen LogP contribution in [0.2, 0.25) is 0 Å². The van der Waals surface area contributed by atoms with Crippen LogP contribution in [-0.4, -0.2) is 31.6 Å². The van der Waals surface area contributed by atoms with Gasteiger partial charge in [0, 0.05) is 5.56 Å². The molecule has 2 rings (SSSR count). The zero-order chi connectivity index (χ0) is 13.9. The van der Waals surface area contributed by atoms with E-state index in [1.54, 1.807) is 25.1 Å². The minimum Gasteiger partial charge on any atom is -0.433 e. The van der Waals surface area contributed by atoms with Crippen LogP contribution in [0.15, 0.2) is 33.8 Å². The van der Waals surface area contributed by atoms with Crippen LogP contribution in [0.5, 0.6) is 5.75 Å². The largest absolute Gasteiger partial charge is 0.433 e. The molecule has 0 unspecified atom stereocenters. The molecule has 0 saturated heterocycles. The smallest absolute Gasteiger partial charge is 0.268 e. The van der Waals surface area contributed by atoms with Gasteiger partial charge in [-0.1, -0.05) is 17.3 Å². The van der Waals surface area contributed by atoms with Crippen molar-refractivity contribution in [2.45, 2.75) is 6.92 Å². The summed E-state index contributed by atoms with van der Waals surface area (Å²) in [6.45, 7) is 1.80. The fourth-order valence-electron chi connectivity index (χ4n) is 1.41. The lowest BCUT2D eigenvalue weighted by Gasteiger charge is -2.05. The van der Waals surface area contributed by atoms with Gasteiger partial charge in [0.15, 0.2) is 0 Å². The average molecular weight is 300 g/mol. The van der Waals surface area contributed by atoms with Crippen molar-refractivity contribution in [3.8, 4) is 5.75 Å². The monoisotopic (exact) mass is 300 g/mol. The Bertz CT molecular complexity index is 638. The van der Waals surface area contributed by atoms with Crippen LogP contribution in [0.25, 0.3) is 0 Å². The minimum absolute atomic E-state index is 0.0772. The molecule has 0 fully saturated rings. The first-order chi connectivity index (χ1) is 9.00. The molecule has 8 heteroatoms. The minimum atomic E-state index is -3.37. The molecule has 19 heavy (non-hydrogen) atoms. The van der Waals surface area contributed by atoms with Gasteiger partial charge in [0.25, 0.3) is 15.3 Å². The van der Waals surface area contributed by atoms with Crippen molar-refractivity contribution in [3.63, 3.8) is 0 Å². The highest BCUT2D eigenvalue weighted by Crippen LogP contribution is 2.23. The number of sulfonamides is 1. The molecule has 1 aliphatic rings. The zero-order valence-electron chi connectivity index (χ0n) is 10.4. The van der Waals surface area contributed by atoms with Gasteiger partial charge >= 0.3 is 0 Å². The summed E-state index contributed by atoms with van der Waals surface area (Å²) >= 11 is 1.05. The first-order valence-corrected chi connectivity index (χ1v) is 7.91. The Balaban J connectivity index is 2.19. The second-order valence-electron chi connectivity index (χ2n) is 3.69. The molecule has 0 N–H and O–H groups in total. The summed E-state index contributed by atoms with van der Waals surface area (Å²) in [6, 6.07) is 7.10. The maximum Gasteiger partial charge on any atom is 0.268 e. The molecule has 0 spiro atoms. The van der Waals surface area contributed by atoms with Crippen molar-refractivity contribution < 1.29 is 18.0 Å². The molecule has 0 radical (unpaired) electrons. The molecule has 0 aliphatic carbocycles. The third-order valence-corrected chi connectivity index (χ3v) is 4.87. The molecule has 0 aromatic heterocycles. The molecule has 102 valence electrons. The second-order valence-corrected chi connectivity index (χ2v) is 6.62. The number of ether oxygens (including phenoxy) is 1. The lowest BCUT2D eigenvalue weighted by Crippen LogP contribution is -2.02. The van der Waals surface area contributed by atoms with Crippen LogP contribution in [0, 0.1) is 0 Å². The summed E-state index contributed by atoms with van der Waals surface area (Å²) < 4.78 is 31.3. The van der Waals surface area contributed by atoms with Gasteiger partial charge in [0.1, 0.15) is 17.9 Å². The van der Waals surface area contributed by atoms with Crippen molar-refractivity contribution in [1.29, 1.82) is 0 Å². The van der Waals surface area contributed by atoms with E-state index in [9.17, 15) is 8.42 Å². The molecule has 1 aromatic carbocycles. The van der Waals surface area contributed by atoms with Gasteiger partial charge in [-0.15, -0.1) is 4.40 Å². The van der Waals surface area contributed by atoms with E-state index in [1.807, 2.05) is 6.07 Å². The molecule has 0 saturated carbocycles. The van der Waals surface area contributed by atoms with E-state index in [0.29, 0.717) is 11.5 Å². The highest BCUT2D eigenvalue weighted by atomic mass is 32.3. The van der Waals surface area contributed by atoms with Crippen molar-refractivity contribution >= 4 is 32.7 Å². The van der Waals surface area contributed by atoms with Crippen LogP contribution >= 0.6 is 11.8 Å². The number of oxime groups is 1. The van der Waals surface area contributed by atoms with E-state index < -0.39 is 10.0 Å². The Labute approximate surface area is 115 Å². The number of rotatable bonds is 3. The predicted octanol–water partition coefficient (Wildman–Crippen LogP) is 1.83. The van der Waals surface area contributed by atoms with Crippen LogP contribution in [0.3, 0.4) is 0 Å². The first-order valence-electron chi connectivity index (χ1n) is 5.32. The van der Waals surface area contributed by atoms with Crippen molar-refractivity contribution in [2.75, 3.05) is 12.2 Å². The number of hydrogen-bond donors (Lipinski definition) is 0. The zero-order valence-corrected chi connectivity index (χ0v) is 12.0. The molecule has 1 aliphatic heterocycles. The summed E-state index contributed by atoms with van der Waals surface area (Å²) in [5.74, 6) is 0.506. The highest BCUT2D eigenvalue weighted by Gasteiger charge is 2.22. The lowest BCUT2D eigenvalue weighted by molar-refractivity contribution is 0.213. The van der Waals surface area contributed by atoms with Crippen LogP contribution in [0.1, 0.15) is 12.5 Å². The lowest BCUT2D eigenvalue weighted by atomic mass is 10.1. The fraction of sp³-hybridized carbons (Fsp3) is 0.273. The maximum atomic E-state index is 11.2. The molecule has 0 amide bonds. The molecular formula is C11H12N2O4S2. The summed E-state index contributed by atoms with van der Waals surface area (Å²) in [4.78, 5) is 4.70. The number of hydrogen-bond acceptors (Lipinski definition) is 6. The van der Waals surface area contributed by atoms with E-state index in [1.165, 1.54) is 7.11 Å². The molecule has 6 nitrogen and oxygen atoms in total. The summed E-state index contributed by atoms with van der Waals surface area (Å²) in [5.41, 5.74) is 1.52. The summed E-state index contributed by atoms with van der Waals surface area (Å²) in [6.07, 6.45) is 0. The molecule has 1 heterocycles. The first kappa shape index (κ1) is 13.9. The van der Waals surface area contributed by atoms with Crippen molar-refractivity contribution in [1.82, 2.24) is 0 Å². The standard InChI is InChI=1S/C11H12N2O4S2/c1-8(12-16-2)9-4-3-5-10(6-9)17-11-13-19(14,15)7-18-11/h3-6H,7H2,1-2H3/b12-8-. The van der Waals surface area contributed by atoms with E-state index in [0.717, 1.165) is 17.3 Å². The SMILES string of the molecule is CO/N=C(/C)c1cccc(OC2=NS(=O)(=O)CS2)c1. The summed E-state index contributed by atoms with van der Waals surface area (Å²) in [7, 11) is -1.90. The summed E-state index contributed by atoms with van der Waals surface area (Å²) in [5, 5.41) is 3.88. The molecule has 1 aromatic rings. The topological polar surface area (TPSA) is 77.3 Å². The second kappa shape index (κ2) is 5.62. The van der Waals surface area contributed by atoms with Gasteiger partial charge in [0.2, 0.25) is 0 Å². The molecular weight excluding hydrogens is 288 g/mol. The molecule has 0 atom stereocenters. The van der Waals surface area contributed by atoms with Gasteiger partial charge in [-0.25, -0.2) is 8.42 Å². The maximum absolute atomic E-state index is 11.2. The van der Waals surface area contributed by atoms with E-state index in [-0.39, 0.29) is 10.3 Å². The third-order valence-electron chi connectivity index (χ3n) is 2.23. The van der Waals surface area contributed by atoms with Gasteiger partial charge in [-0.3, -0.25) is 0 Å². The van der Waals surface area contributed by atoms with E-state index in [2.05, 4.69) is 9.55 Å². The Kier molecular flexibility index (Phi) is 4.11. The third kappa shape index (κ3) is 3.71. The van der Waals surface area contributed by atoms with E-state index in [4.69, 9.17) is 9.57 Å². The van der Waals surface area contributed by atoms with Crippen LogP contribution in [-0.2, 0) is 14.9 Å². The highest BCUT2D eigenvalue weighted by molar-refractivity contribution is 8.24. The Morgan fingerprint density at radius 3 is 2.89 bits per heavy atom. The Morgan fingerprint density at radius 2 is 2.26 bits per heavy atom. The van der Waals surface area contributed by atoms with Crippen LogP contribution in [0.4, 0.5) is 0 Å². The van der Waals surface area contributed by atoms with Gasteiger partial charge in [-0.05, 0) is 30.8 Å². The van der Waals surface area contributed by atoms with Crippen molar-refractivity contribution in [3.05, 3.63) is 29.8 Å². The van der Waals surface area contributed by atoms with Gasteiger partial charge in [0.05, 0.1) is 5.71 Å². The van der Waals surface area contributed by atoms with E-state index >= 15 is 0 Å². The Hall–Kier alpha value is -1.54.